The zero-order valence-electron chi connectivity index (χ0n) is 14.4. The first-order chi connectivity index (χ1) is 13.3. The number of rotatable bonds is 6. The van der Waals surface area contributed by atoms with Crippen LogP contribution in [0, 0.1) is 0 Å². The van der Waals surface area contributed by atoms with Crippen molar-refractivity contribution < 1.29 is 9.53 Å². The molecule has 6 nitrogen and oxygen atoms in total. The molecule has 0 aliphatic heterocycles. The molecule has 0 radical (unpaired) electrons. The van der Waals surface area contributed by atoms with E-state index < -0.39 is 0 Å². The Bertz CT molecular complexity index is 1070. The van der Waals surface area contributed by atoms with E-state index in [0.29, 0.717) is 23.6 Å². The molecule has 0 N–H and O–H groups in total. The molecule has 3 heterocycles. The lowest BCUT2D eigenvalue weighted by atomic mass is 10.0. The van der Waals surface area contributed by atoms with Gasteiger partial charge in [0.15, 0.2) is 11.6 Å². The Balaban J connectivity index is 1.39. The lowest BCUT2D eigenvalue weighted by Crippen LogP contribution is -2.04. The molecule has 0 fully saturated rings. The summed E-state index contributed by atoms with van der Waals surface area (Å²) < 4.78 is 5.73. The Hall–Kier alpha value is -3.67. The highest BCUT2D eigenvalue weighted by molar-refractivity contribution is 5.97. The molecule has 0 bridgehead atoms. The minimum absolute atomic E-state index is 0.0538. The number of carbonyl (C=O) groups is 1. The molecule has 27 heavy (non-hydrogen) atoms. The minimum atomic E-state index is 0.0538. The number of benzene rings is 1. The van der Waals surface area contributed by atoms with Crippen molar-refractivity contribution in [3.8, 4) is 5.75 Å². The molecule has 0 atom stereocenters. The zero-order chi connectivity index (χ0) is 18.5. The molecule has 0 amide bonds. The highest BCUT2D eigenvalue weighted by Gasteiger charge is 2.08. The van der Waals surface area contributed by atoms with Crippen molar-refractivity contribution in [1.82, 2.24) is 19.9 Å². The Morgan fingerprint density at radius 3 is 2.52 bits per heavy atom. The van der Waals surface area contributed by atoms with Gasteiger partial charge in [-0.25, -0.2) is 9.97 Å². The van der Waals surface area contributed by atoms with Crippen molar-refractivity contribution in [2.45, 2.75) is 13.0 Å². The van der Waals surface area contributed by atoms with E-state index in [1.165, 1.54) is 0 Å². The number of pyridine rings is 2. The molecule has 0 aliphatic carbocycles. The summed E-state index contributed by atoms with van der Waals surface area (Å²) in [5.74, 6) is 1.29. The van der Waals surface area contributed by atoms with Gasteiger partial charge < -0.3 is 4.74 Å². The molecule has 4 aromatic rings. The summed E-state index contributed by atoms with van der Waals surface area (Å²) in [5.41, 5.74) is 3.12. The summed E-state index contributed by atoms with van der Waals surface area (Å²) in [7, 11) is 0. The van der Waals surface area contributed by atoms with Gasteiger partial charge in [0.05, 0.1) is 11.7 Å². The summed E-state index contributed by atoms with van der Waals surface area (Å²) >= 11 is 0. The van der Waals surface area contributed by atoms with Crippen LogP contribution >= 0.6 is 0 Å². The van der Waals surface area contributed by atoms with Crippen LogP contribution < -0.4 is 4.74 Å². The molecule has 0 saturated carbocycles. The first-order valence-corrected chi connectivity index (χ1v) is 8.49. The van der Waals surface area contributed by atoms with Crippen LogP contribution in [0.3, 0.4) is 0 Å². The third kappa shape index (κ3) is 4.12. The maximum atomic E-state index is 12.3. The van der Waals surface area contributed by atoms with E-state index in [9.17, 15) is 4.79 Å². The van der Waals surface area contributed by atoms with Gasteiger partial charge in [-0.1, -0.05) is 0 Å². The molecular weight excluding hydrogens is 340 g/mol. The molecule has 4 rings (SSSR count). The molecule has 0 spiro atoms. The van der Waals surface area contributed by atoms with Crippen molar-refractivity contribution in [1.29, 1.82) is 0 Å². The SMILES string of the molecule is O=C(Cc1ccncc1)c1ccc(OCc2ncc3ncccc3n2)cc1. The largest absolute Gasteiger partial charge is 0.486 e. The van der Waals surface area contributed by atoms with Gasteiger partial charge >= 0.3 is 0 Å². The van der Waals surface area contributed by atoms with E-state index in [0.717, 1.165) is 16.6 Å². The average molecular weight is 356 g/mol. The number of hydrogen-bond donors (Lipinski definition) is 0. The molecular formula is C21H16N4O2. The van der Waals surface area contributed by atoms with Gasteiger partial charge in [-0.3, -0.25) is 14.8 Å². The number of carbonyl (C=O) groups excluding carboxylic acids is 1. The number of aromatic nitrogens is 4. The summed E-state index contributed by atoms with van der Waals surface area (Å²) in [5, 5.41) is 0. The lowest BCUT2D eigenvalue weighted by molar-refractivity contribution is 0.0993. The van der Waals surface area contributed by atoms with Crippen LogP contribution in [-0.2, 0) is 13.0 Å². The summed E-state index contributed by atoms with van der Waals surface area (Å²) in [6.45, 7) is 0.245. The highest BCUT2D eigenvalue weighted by Crippen LogP contribution is 2.16. The smallest absolute Gasteiger partial charge is 0.167 e. The number of hydrogen-bond acceptors (Lipinski definition) is 6. The Morgan fingerprint density at radius 2 is 1.70 bits per heavy atom. The number of fused-ring (bicyclic) bond motifs is 1. The molecule has 3 aromatic heterocycles. The molecule has 0 saturated heterocycles. The zero-order valence-corrected chi connectivity index (χ0v) is 14.4. The molecule has 0 aliphatic rings. The Labute approximate surface area is 155 Å². The quantitative estimate of drug-likeness (QED) is 0.493. The second-order valence-electron chi connectivity index (χ2n) is 5.96. The third-order valence-electron chi connectivity index (χ3n) is 4.06. The van der Waals surface area contributed by atoms with Crippen LogP contribution in [0.2, 0.25) is 0 Å². The average Bonchev–Trinajstić information content (AvgIpc) is 2.73. The van der Waals surface area contributed by atoms with Crippen LogP contribution in [0.5, 0.6) is 5.75 Å². The van der Waals surface area contributed by atoms with Crippen LogP contribution in [0.25, 0.3) is 11.0 Å². The Morgan fingerprint density at radius 1 is 0.889 bits per heavy atom. The number of Topliss-reactive ketones (excluding diaryl/α,β-unsaturated/α-hetero) is 1. The predicted octanol–water partition coefficient (Wildman–Crippen LogP) is 3.42. The van der Waals surface area contributed by atoms with Crippen LogP contribution in [0.15, 0.2) is 73.3 Å². The van der Waals surface area contributed by atoms with E-state index in [2.05, 4.69) is 19.9 Å². The topological polar surface area (TPSA) is 77.9 Å². The molecule has 132 valence electrons. The third-order valence-corrected chi connectivity index (χ3v) is 4.06. The number of nitrogens with zero attached hydrogens (tertiary/aromatic N) is 4. The van der Waals surface area contributed by atoms with Crippen molar-refractivity contribution in [3.05, 3.63) is 90.3 Å². The second-order valence-corrected chi connectivity index (χ2v) is 5.96. The predicted molar refractivity (Wildman–Crippen MR) is 100 cm³/mol. The number of ether oxygens (including phenoxy) is 1. The molecule has 1 aromatic carbocycles. The summed E-state index contributed by atoms with van der Waals surface area (Å²) in [4.78, 5) is 29.2. The standard InChI is InChI=1S/C21H16N4O2/c26-20(12-15-7-10-22-11-8-15)16-3-5-17(6-4-16)27-14-21-24-13-19-18(25-21)2-1-9-23-19/h1-11,13H,12,14H2. The van der Waals surface area contributed by atoms with Crippen molar-refractivity contribution in [2.24, 2.45) is 0 Å². The monoisotopic (exact) mass is 356 g/mol. The summed E-state index contributed by atoms with van der Waals surface area (Å²) in [6.07, 6.45) is 7.11. The molecule has 6 heteroatoms. The minimum Gasteiger partial charge on any atom is -0.486 e. The van der Waals surface area contributed by atoms with Crippen molar-refractivity contribution in [3.63, 3.8) is 0 Å². The van der Waals surface area contributed by atoms with Crippen molar-refractivity contribution in [2.75, 3.05) is 0 Å². The van der Waals surface area contributed by atoms with Crippen molar-refractivity contribution >= 4 is 16.8 Å². The van der Waals surface area contributed by atoms with Gasteiger partial charge in [-0.05, 0) is 54.1 Å². The lowest BCUT2D eigenvalue weighted by Gasteiger charge is -2.07. The van der Waals surface area contributed by atoms with Gasteiger partial charge in [0.2, 0.25) is 0 Å². The van der Waals surface area contributed by atoms with Gasteiger partial charge in [0.25, 0.3) is 0 Å². The van der Waals surface area contributed by atoms with Crippen LogP contribution in [0.1, 0.15) is 21.7 Å². The van der Waals surface area contributed by atoms with E-state index in [1.807, 2.05) is 24.3 Å². The van der Waals surface area contributed by atoms with Crippen LogP contribution in [0.4, 0.5) is 0 Å². The van der Waals surface area contributed by atoms with Gasteiger partial charge in [-0.2, -0.15) is 0 Å². The number of ketones is 1. The van der Waals surface area contributed by atoms with Gasteiger partial charge in [0.1, 0.15) is 17.9 Å². The fourth-order valence-corrected chi connectivity index (χ4v) is 2.65. The van der Waals surface area contributed by atoms with E-state index in [4.69, 9.17) is 4.74 Å². The second kappa shape index (κ2) is 7.70. The van der Waals surface area contributed by atoms with E-state index in [1.54, 1.807) is 49.1 Å². The van der Waals surface area contributed by atoms with Gasteiger partial charge in [0, 0.05) is 30.6 Å². The van der Waals surface area contributed by atoms with E-state index in [-0.39, 0.29) is 12.4 Å². The normalized spacial score (nSPS) is 10.7. The highest BCUT2D eigenvalue weighted by atomic mass is 16.5. The summed E-state index contributed by atoms with van der Waals surface area (Å²) in [6, 6.07) is 14.5. The Kier molecular flexibility index (Phi) is 4.78. The fourth-order valence-electron chi connectivity index (χ4n) is 2.65. The van der Waals surface area contributed by atoms with Gasteiger partial charge in [-0.15, -0.1) is 0 Å². The molecule has 0 unspecified atom stereocenters. The first-order valence-electron chi connectivity index (χ1n) is 8.49. The van der Waals surface area contributed by atoms with E-state index >= 15 is 0 Å². The maximum Gasteiger partial charge on any atom is 0.167 e. The first kappa shape index (κ1) is 16.8. The fraction of sp³-hybridized carbons (Fsp3) is 0.0952. The maximum absolute atomic E-state index is 12.3. The van der Waals surface area contributed by atoms with Crippen LogP contribution in [-0.4, -0.2) is 25.7 Å².